The van der Waals surface area contributed by atoms with Gasteiger partial charge in [0.2, 0.25) is 5.91 Å². The van der Waals surface area contributed by atoms with E-state index in [4.69, 9.17) is 16.3 Å². The van der Waals surface area contributed by atoms with Crippen LogP contribution < -0.4 is 14.4 Å². The number of aryl methyl sites for hydroxylation is 2. The minimum absolute atomic E-state index is 0.0331. The van der Waals surface area contributed by atoms with Gasteiger partial charge in [-0.1, -0.05) is 48.0 Å². The molecule has 8 heteroatoms. The SMILES string of the molecule is Cc1ccc(N(CC(=O)Nc2ccccc2Oc2ccccc2)S(=O)(=O)c2ccc(Cl)cc2)cc1C. The van der Waals surface area contributed by atoms with Crippen molar-refractivity contribution in [1.29, 1.82) is 0 Å². The van der Waals surface area contributed by atoms with Crippen LogP contribution in [0.3, 0.4) is 0 Å². The third-order valence-electron chi connectivity index (χ3n) is 5.60. The summed E-state index contributed by atoms with van der Waals surface area (Å²) >= 11 is 5.96. The van der Waals surface area contributed by atoms with E-state index >= 15 is 0 Å². The summed E-state index contributed by atoms with van der Waals surface area (Å²) in [4.78, 5) is 13.2. The van der Waals surface area contributed by atoms with Crippen LogP contribution in [0.5, 0.6) is 11.5 Å². The van der Waals surface area contributed by atoms with Crippen LogP contribution in [0.4, 0.5) is 11.4 Å². The van der Waals surface area contributed by atoms with Gasteiger partial charge >= 0.3 is 0 Å². The Bertz CT molecular complexity index is 1470. The van der Waals surface area contributed by atoms with Crippen molar-refractivity contribution in [2.24, 2.45) is 0 Å². The molecule has 0 heterocycles. The normalized spacial score (nSPS) is 11.1. The fourth-order valence-electron chi connectivity index (χ4n) is 3.52. The molecule has 1 N–H and O–H groups in total. The second-order valence-electron chi connectivity index (χ2n) is 8.19. The fourth-order valence-corrected chi connectivity index (χ4v) is 5.06. The third kappa shape index (κ3) is 5.87. The van der Waals surface area contributed by atoms with Crippen molar-refractivity contribution >= 4 is 38.9 Å². The van der Waals surface area contributed by atoms with E-state index in [9.17, 15) is 13.2 Å². The molecular formula is C28H25ClN2O4S. The molecule has 6 nitrogen and oxygen atoms in total. The van der Waals surface area contributed by atoms with Gasteiger partial charge in [0.15, 0.2) is 5.75 Å². The highest BCUT2D eigenvalue weighted by molar-refractivity contribution is 7.92. The minimum Gasteiger partial charge on any atom is -0.455 e. The number of hydrogen-bond acceptors (Lipinski definition) is 4. The number of carbonyl (C=O) groups excluding carboxylic acids is 1. The van der Waals surface area contributed by atoms with Gasteiger partial charge < -0.3 is 10.1 Å². The van der Waals surface area contributed by atoms with Crippen LogP contribution in [-0.4, -0.2) is 20.9 Å². The Kier molecular flexibility index (Phi) is 7.62. The van der Waals surface area contributed by atoms with Gasteiger partial charge in [-0.3, -0.25) is 9.10 Å². The van der Waals surface area contributed by atoms with Crippen LogP contribution >= 0.6 is 11.6 Å². The van der Waals surface area contributed by atoms with E-state index in [1.807, 2.05) is 38.1 Å². The van der Waals surface area contributed by atoms with Crippen LogP contribution in [0.1, 0.15) is 11.1 Å². The second kappa shape index (κ2) is 10.8. The van der Waals surface area contributed by atoms with Crippen molar-refractivity contribution in [2.45, 2.75) is 18.7 Å². The number of rotatable bonds is 8. The van der Waals surface area contributed by atoms with Crippen LogP contribution in [0.15, 0.2) is 102 Å². The molecule has 0 aliphatic carbocycles. The minimum atomic E-state index is -4.06. The van der Waals surface area contributed by atoms with Crippen LogP contribution in [0.2, 0.25) is 5.02 Å². The average Bonchev–Trinajstić information content (AvgIpc) is 2.86. The zero-order chi connectivity index (χ0) is 25.7. The maximum absolute atomic E-state index is 13.6. The van der Waals surface area contributed by atoms with E-state index in [2.05, 4.69) is 5.32 Å². The lowest BCUT2D eigenvalue weighted by Crippen LogP contribution is -2.38. The lowest BCUT2D eigenvalue weighted by Gasteiger charge is -2.25. The number of nitrogens with zero attached hydrogens (tertiary/aromatic N) is 1. The molecule has 0 spiro atoms. The lowest BCUT2D eigenvalue weighted by molar-refractivity contribution is -0.114. The number of halogens is 1. The van der Waals surface area contributed by atoms with Gasteiger partial charge in [0.05, 0.1) is 16.3 Å². The fraction of sp³-hybridized carbons (Fsp3) is 0.107. The highest BCUT2D eigenvalue weighted by Gasteiger charge is 2.28. The molecule has 0 aliphatic rings. The Morgan fingerprint density at radius 1 is 0.861 bits per heavy atom. The topological polar surface area (TPSA) is 75.7 Å². The molecule has 0 atom stereocenters. The molecule has 4 aromatic carbocycles. The molecule has 0 radical (unpaired) electrons. The summed E-state index contributed by atoms with van der Waals surface area (Å²) in [6, 6.07) is 27.3. The average molecular weight is 521 g/mol. The summed E-state index contributed by atoms with van der Waals surface area (Å²) in [5.74, 6) is 0.534. The Hall–Kier alpha value is -3.81. The molecule has 0 saturated heterocycles. The van der Waals surface area contributed by atoms with E-state index in [0.717, 1.165) is 15.4 Å². The van der Waals surface area contributed by atoms with Crippen molar-refractivity contribution in [3.63, 3.8) is 0 Å². The van der Waals surface area contributed by atoms with Gasteiger partial charge in [-0.2, -0.15) is 0 Å². The number of para-hydroxylation sites is 3. The Labute approximate surface area is 216 Å². The van der Waals surface area contributed by atoms with Gasteiger partial charge in [0.1, 0.15) is 12.3 Å². The van der Waals surface area contributed by atoms with Crippen molar-refractivity contribution in [3.05, 3.63) is 113 Å². The molecule has 4 aromatic rings. The number of nitrogens with one attached hydrogen (secondary N) is 1. The highest BCUT2D eigenvalue weighted by atomic mass is 35.5. The summed E-state index contributed by atoms with van der Waals surface area (Å²) in [5, 5.41) is 3.21. The molecule has 4 rings (SSSR count). The van der Waals surface area contributed by atoms with E-state index in [-0.39, 0.29) is 4.90 Å². The number of hydrogen-bond donors (Lipinski definition) is 1. The standard InChI is InChI=1S/C28H25ClN2O4S/c1-20-12-15-23(18-21(20)2)31(36(33,34)25-16-13-22(29)14-17-25)19-28(32)30-26-10-6-7-11-27(26)35-24-8-4-3-5-9-24/h3-18H,19H2,1-2H3,(H,30,32). The number of benzene rings is 4. The number of carbonyl (C=O) groups is 1. The predicted octanol–water partition coefficient (Wildman–Crippen LogP) is 6.58. The maximum Gasteiger partial charge on any atom is 0.264 e. The molecule has 0 unspecified atom stereocenters. The summed E-state index contributed by atoms with van der Waals surface area (Å²) in [7, 11) is -4.06. The Morgan fingerprint density at radius 3 is 2.22 bits per heavy atom. The van der Waals surface area contributed by atoms with Gasteiger partial charge in [0, 0.05) is 5.02 Å². The van der Waals surface area contributed by atoms with E-state index in [0.29, 0.717) is 27.9 Å². The number of sulfonamides is 1. The smallest absolute Gasteiger partial charge is 0.264 e. The molecule has 0 saturated carbocycles. The third-order valence-corrected chi connectivity index (χ3v) is 7.64. The summed E-state index contributed by atoms with van der Waals surface area (Å²) < 4.78 is 34.2. The molecule has 184 valence electrons. The van der Waals surface area contributed by atoms with Crippen LogP contribution in [0, 0.1) is 13.8 Å². The molecule has 36 heavy (non-hydrogen) atoms. The number of anilines is 2. The van der Waals surface area contributed by atoms with Gasteiger partial charge in [-0.25, -0.2) is 8.42 Å². The zero-order valence-electron chi connectivity index (χ0n) is 19.8. The van der Waals surface area contributed by atoms with Gasteiger partial charge in [0.25, 0.3) is 10.0 Å². The molecule has 0 bridgehead atoms. The van der Waals surface area contributed by atoms with Crippen LogP contribution in [-0.2, 0) is 14.8 Å². The molecule has 0 aliphatic heterocycles. The number of ether oxygens (including phenoxy) is 1. The predicted molar refractivity (Wildman–Crippen MR) is 143 cm³/mol. The first-order valence-electron chi connectivity index (χ1n) is 11.2. The maximum atomic E-state index is 13.6. The van der Waals surface area contributed by atoms with E-state index < -0.39 is 22.5 Å². The largest absolute Gasteiger partial charge is 0.455 e. The molecule has 0 aromatic heterocycles. The van der Waals surface area contributed by atoms with Crippen LogP contribution in [0.25, 0.3) is 0 Å². The summed E-state index contributed by atoms with van der Waals surface area (Å²) in [6.45, 7) is 3.39. The first-order valence-corrected chi connectivity index (χ1v) is 13.0. The van der Waals surface area contributed by atoms with Crippen molar-refractivity contribution < 1.29 is 17.9 Å². The molecule has 0 fully saturated rings. The van der Waals surface area contributed by atoms with Gasteiger partial charge in [-0.05, 0) is 85.6 Å². The van der Waals surface area contributed by atoms with Crippen molar-refractivity contribution in [2.75, 3.05) is 16.2 Å². The summed E-state index contributed by atoms with van der Waals surface area (Å²) in [6.07, 6.45) is 0. The van der Waals surface area contributed by atoms with Crippen molar-refractivity contribution in [3.8, 4) is 11.5 Å². The first kappa shape index (κ1) is 25.3. The monoisotopic (exact) mass is 520 g/mol. The quantitative estimate of drug-likeness (QED) is 0.284. The molecule has 1 amide bonds. The number of amides is 1. The Morgan fingerprint density at radius 2 is 1.53 bits per heavy atom. The Balaban J connectivity index is 1.64. The highest BCUT2D eigenvalue weighted by Crippen LogP contribution is 2.30. The van der Waals surface area contributed by atoms with E-state index in [1.54, 1.807) is 48.5 Å². The second-order valence-corrected chi connectivity index (χ2v) is 10.5. The molecular weight excluding hydrogens is 496 g/mol. The van der Waals surface area contributed by atoms with Gasteiger partial charge in [-0.15, -0.1) is 0 Å². The lowest BCUT2D eigenvalue weighted by atomic mass is 10.1. The van der Waals surface area contributed by atoms with Crippen molar-refractivity contribution in [1.82, 2.24) is 0 Å². The summed E-state index contributed by atoms with van der Waals surface area (Å²) in [5.41, 5.74) is 2.73. The van der Waals surface area contributed by atoms with E-state index in [1.165, 1.54) is 24.3 Å². The zero-order valence-corrected chi connectivity index (χ0v) is 21.4. The first-order chi connectivity index (χ1) is 17.2.